The molecule has 0 radical (unpaired) electrons. The molecule has 1 fully saturated rings. The van der Waals surface area contributed by atoms with Gasteiger partial charge in [0.05, 0.1) is 6.20 Å². The molecule has 2 aromatic heterocycles. The zero-order valence-corrected chi connectivity index (χ0v) is 17.7. The first-order valence-corrected chi connectivity index (χ1v) is 10.4. The second kappa shape index (κ2) is 8.03. The molecule has 29 heavy (non-hydrogen) atoms. The number of carbonyl (C=O) groups is 1. The van der Waals surface area contributed by atoms with Gasteiger partial charge in [0.15, 0.2) is 11.5 Å². The lowest BCUT2D eigenvalue weighted by atomic mass is 9.95. The fourth-order valence-electron chi connectivity index (χ4n) is 4.27. The summed E-state index contributed by atoms with van der Waals surface area (Å²) in [5, 5.41) is 1.23. The lowest BCUT2D eigenvalue weighted by molar-refractivity contribution is 0.0937. The minimum atomic E-state index is 0.0197. The van der Waals surface area contributed by atoms with Gasteiger partial charge in [-0.25, -0.2) is 4.98 Å². The summed E-state index contributed by atoms with van der Waals surface area (Å²) in [6.07, 6.45) is 4.94. The second-order valence-corrected chi connectivity index (χ2v) is 8.57. The maximum Gasteiger partial charge on any atom is 0.297 e. The van der Waals surface area contributed by atoms with Crippen LogP contribution < -0.4 is 4.90 Å². The van der Waals surface area contributed by atoms with Crippen LogP contribution in [-0.2, 0) is 6.42 Å². The summed E-state index contributed by atoms with van der Waals surface area (Å²) in [6, 6.07) is 9.66. The van der Waals surface area contributed by atoms with Crippen molar-refractivity contribution in [3.8, 4) is 0 Å². The van der Waals surface area contributed by atoms with Crippen molar-refractivity contribution in [2.75, 3.05) is 25.0 Å². The van der Waals surface area contributed by atoms with Crippen molar-refractivity contribution in [3.05, 3.63) is 48.0 Å². The molecule has 3 atom stereocenters. The van der Waals surface area contributed by atoms with Crippen LogP contribution in [0.4, 0.5) is 6.01 Å². The highest BCUT2D eigenvalue weighted by Gasteiger charge is 2.29. The first kappa shape index (κ1) is 19.7. The number of Topliss-reactive ketones (excluding diaryl/α,β-unsaturated/α-hetero) is 1. The van der Waals surface area contributed by atoms with Crippen LogP contribution in [0.1, 0.15) is 43.3 Å². The SMILES string of the molecule is CC(CC(=O)c1cnc(N2C[C@@H](C)N(C)[C@@H](C)C2)o1)Cc1c[nH]c2ccccc12. The van der Waals surface area contributed by atoms with Gasteiger partial charge >= 0.3 is 0 Å². The third-order valence-corrected chi connectivity index (χ3v) is 6.18. The van der Waals surface area contributed by atoms with Gasteiger partial charge in [0.1, 0.15) is 0 Å². The summed E-state index contributed by atoms with van der Waals surface area (Å²) in [5.41, 5.74) is 2.39. The van der Waals surface area contributed by atoms with E-state index in [2.05, 4.69) is 59.7 Å². The number of aromatic amines is 1. The van der Waals surface area contributed by atoms with Crippen LogP contribution in [0.3, 0.4) is 0 Å². The van der Waals surface area contributed by atoms with E-state index in [9.17, 15) is 4.79 Å². The Morgan fingerprint density at radius 3 is 2.76 bits per heavy atom. The van der Waals surface area contributed by atoms with Crippen molar-refractivity contribution in [1.82, 2.24) is 14.9 Å². The summed E-state index contributed by atoms with van der Waals surface area (Å²) >= 11 is 0. The molecule has 3 heterocycles. The summed E-state index contributed by atoms with van der Waals surface area (Å²) in [4.78, 5) is 25.0. The molecular weight excluding hydrogens is 364 g/mol. The lowest BCUT2D eigenvalue weighted by Gasteiger charge is -2.41. The van der Waals surface area contributed by atoms with Gasteiger partial charge in [0, 0.05) is 48.7 Å². The van der Waals surface area contributed by atoms with E-state index in [1.807, 2.05) is 18.3 Å². The number of oxazole rings is 1. The van der Waals surface area contributed by atoms with E-state index in [0.717, 1.165) is 25.0 Å². The molecule has 1 saturated heterocycles. The van der Waals surface area contributed by atoms with E-state index in [1.165, 1.54) is 10.9 Å². The Balaban J connectivity index is 1.39. The number of nitrogens with one attached hydrogen (secondary N) is 1. The van der Waals surface area contributed by atoms with E-state index in [-0.39, 0.29) is 11.7 Å². The van der Waals surface area contributed by atoms with Crippen LogP contribution in [0, 0.1) is 5.92 Å². The number of piperazine rings is 1. The maximum absolute atomic E-state index is 12.8. The first-order chi connectivity index (χ1) is 13.9. The minimum Gasteiger partial charge on any atom is -0.420 e. The van der Waals surface area contributed by atoms with Gasteiger partial charge in [-0.05, 0) is 44.9 Å². The zero-order valence-electron chi connectivity index (χ0n) is 17.7. The van der Waals surface area contributed by atoms with Gasteiger partial charge in [0.2, 0.25) is 0 Å². The molecule has 0 saturated carbocycles. The monoisotopic (exact) mass is 394 g/mol. The Labute approximate surface area is 171 Å². The Hall–Kier alpha value is -2.60. The van der Waals surface area contributed by atoms with Crippen molar-refractivity contribution < 1.29 is 9.21 Å². The summed E-state index contributed by atoms with van der Waals surface area (Å²) in [5.74, 6) is 0.607. The van der Waals surface area contributed by atoms with Crippen LogP contribution in [-0.4, -0.2) is 52.9 Å². The highest BCUT2D eigenvalue weighted by molar-refractivity contribution is 5.93. The number of fused-ring (bicyclic) bond motifs is 1. The van der Waals surface area contributed by atoms with Gasteiger partial charge in [-0.1, -0.05) is 25.1 Å². The van der Waals surface area contributed by atoms with Crippen molar-refractivity contribution in [2.45, 2.75) is 45.7 Å². The van der Waals surface area contributed by atoms with E-state index in [1.54, 1.807) is 6.20 Å². The molecule has 1 unspecified atom stereocenters. The minimum absolute atomic E-state index is 0.0197. The second-order valence-electron chi connectivity index (χ2n) is 8.57. The number of likely N-dealkylation sites (N-methyl/N-ethyl adjacent to an activating group) is 1. The van der Waals surface area contributed by atoms with Crippen molar-refractivity contribution in [1.29, 1.82) is 0 Å². The Bertz CT molecular complexity index is 980. The molecule has 1 aliphatic rings. The fourth-order valence-corrected chi connectivity index (χ4v) is 4.27. The molecule has 0 amide bonds. The highest BCUT2D eigenvalue weighted by atomic mass is 16.4. The number of benzene rings is 1. The molecule has 0 bridgehead atoms. The normalized spacial score (nSPS) is 21.6. The number of ketones is 1. The van der Waals surface area contributed by atoms with E-state index < -0.39 is 0 Å². The number of rotatable bonds is 6. The average molecular weight is 395 g/mol. The van der Waals surface area contributed by atoms with Gasteiger partial charge in [0.25, 0.3) is 6.01 Å². The maximum atomic E-state index is 12.8. The molecule has 4 rings (SSSR count). The van der Waals surface area contributed by atoms with E-state index in [4.69, 9.17) is 4.42 Å². The molecule has 1 aromatic carbocycles. The average Bonchev–Trinajstić information content (AvgIpc) is 3.34. The van der Waals surface area contributed by atoms with Crippen LogP contribution in [0.25, 0.3) is 10.9 Å². The number of anilines is 1. The van der Waals surface area contributed by atoms with Gasteiger partial charge in [-0.2, -0.15) is 0 Å². The number of nitrogens with zero attached hydrogens (tertiary/aromatic N) is 3. The third kappa shape index (κ3) is 4.08. The zero-order chi connectivity index (χ0) is 20.5. The number of H-pyrrole nitrogens is 1. The summed E-state index contributed by atoms with van der Waals surface area (Å²) < 4.78 is 5.86. The lowest BCUT2D eigenvalue weighted by Crippen LogP contribution is -2.55. The molecule has 6 heteroatoms. The van der Waals surface area contributed by atoms with E-state index >= 15 is 0 Å². The number of hydrogen-bond acceptors (Lipinski definition) is 5. The third-order valence-electron chi connectivity index (χ3n) is 6.18. The standard InChI is InChI=1S/C23H30N4O2/c1-15(9-18-11-24-20-8-6-5-7-19(18)20)10-21(28)22-12-25-23(29-22)27-13-16(2)26(4)17(3)14-27/h5-8,11-12,15-17,24H,9-10,13-14H2,1-4H3/t15?,16-,17+. The number of hydrogen-bond donors (Lipinski definition) is 1. The van der Waals surface area contributed by atoms with Crippen LogP contribution in [0.5, 0.6) is 0 Å². The quantitative estimate of drug-likeness (QED) is 0.637. The molecule has 3 aromatic rings. The van der Waals surface area contributed by atoms with Gasteiger partial charge in [-0.3, -0.25) is 9.69 Å². The van der Waals surface area contributed by atoms with Crippen molar-refractivity contribution >= 4 is 22.7 Å². The summed E-state index contributed by atoms with van der Waals surface area (Å²) in [6.45, 7) is 8.22. The first-order valence-electron chi connectivity index (χ1n) is 10.4. The van der Waals surface area contributed by atoms with Crippen LogP contribution >= 0.6 is 0 Å². The Morgan fingerprint density at radius 2 is 2.00 bits per heavy atom. The molecule has 154 valence electrons. The van der Waals surface area contributed by atoms with E-state index in [0.29, 0.717) is 30.3 Å². The van der Waals surface area contributed by atoms with Crippen molar-refractivity contribution in [2.24, 2.45) is 5.92 Å². The van der Waals surface area contributed by atoms with Gasteiger partial charge < -0.3 is 14.3 Å². The summed E-state index contributed by atoms with van der Waals surface area (Å²) in [7, 11) is 2.15. The molecule has 1 N–H and O–H groups in total. The molecule has 0 aliphatic carbocycles. The van der Waals surface area contributed by atoms with Crippen LogP contribution in [0.2, 0.25) is 0 Å². The number of aromatic nitrogens is 2. The molecular formula is C23H30N4O2. The Morgan fingerprint density at radius 1 is 1.28 bits per heavy atom. The topological polar surface area (TPSA) is 65.4 Å². The molecule has 6 nitrogen and oxygen atoms in total. The number of para-hydroxylation sites is 1. The molecule has 0 spiro atoms. The largest absolute Gasteiger partial charge is 0.420 e. The molecule has 1 aliphatic heterocycles. The number of carbonyl (C=O) groups excluding carboxylic acids is 1. The van der Waals surface area contributed by atoms with Crippen molar-refractivity contribution in [3.63, 3.8) is 0 Å². The fraction of sp³-hybridized carbons (Fsp3) is 0.478. The van der Waals surface area contributed by atoms with Gasteiger partial charge in [-0.15, -0.1) is 0 Å². The predicted octanol–water partition coefficient (Wildman–Crippen LogP) is 4.14. The van der Waals surface area contributed by atoms with Crippen LogP contribution in [0.15, 0.2) is 41.1 Å². The predicted molar refractivity (Wildman–Crippen MR) is 116 cm³/mol. The highest BCUT2D eigenvalue weighted by Crippen LogP contribution is 2.25. The Kier molecular flexibility index (Phi) is 5.46. The smallest absolute Gasteiger partial charge is 0.297 e.